The summed E-state index contributed by atoms with van der Waals surface area (Å²) in [6, 6.07) is 16.2. The Morgan fingerprint density at radius 3 is 2.13 bits per heavy atom. The summed E-state index contributed by atoms with van der Waals surface area (Å²) in [6.07, 6.45) is -2.91. The molecule has 0 N–H and O–H groups in total. The van der Waals surface area contributed by atoms with Gasteiger partial charge in [0.25, 0.3) is 0 Å². The lowest BCUT2D eigenvalue weighted by molar-refractivity contribution is -0.137. The number of ether oxygens (including phenoxy) is 2. The Morgan fingerprint density at radius 2 is 1.57 bits per heavy atom. The average Bonchev–Trinajstić information content (AvgIpc) is 2.76. The Hall–Kier alpha value is -3.61. The second-order valence-corrected chi connectivity index (χ2v) is 6.32. The van der Waals surface area contributed by atoms with E-state index in [1.165, 1.54) is 32.6 Å². The van der Waals surface area contributed by atoms with Crippen LogP contribution in [0.5, 0.6) is 11.5 Å². The summed E-state index contributed by atoms with van der Waals surface area (Å²) in [5.74, 6) is 0.771. The largest absolute Gasteiger partial charge is 0.497 e. The van der Waals surface area contributed by atoms with E-state index in [-0.39, 0.29) is 5.78 Å². The molecule has 0 saturated carbocycles. The summed E-state index contributed by atoms with van der Waals surface area (Å²) in [7, 11) is 3.00. The van der Waals surface area contributed by atoms with Gasteiger partial charge in [-0.05, 0) is 54.1 Å². The summed E-state index contributed by atoms with van der Waals surface area (Å²) in [4.78, 5) is 17.0. The first-order valence-corrected chi connectivity index (χ1v) is 8.90. The smallest absolute Gasteiger partial charge is 0.416 e. The van der Waals surface area contributed by atoms with E-state index in [1.807, 2.05) is 0 Å². The molecule has 0 heterocycles. The van der Waals surface area contributed by atoms with E-state index in [4.69, 9.17) is 9.47 Å². The van der Waals surface area contributed by atoms with Crippen molar-refractivity contribution in [3.63, 3.8) is 0 Å². The number of carbonyl (C=O) groups excluding carboxylic acids is 1. The summed E-state index contributed by atoms with van der Waals surface area (Å²) in [5, 5.41) is 0. The third-order valence-corrected chi connectivity index (χ3v) is 4.38. The molecule has 0 saturated heterocycles. The second kappa shape index (κ2) is 8.82. The second-order valence-electron chi connectivity index (χ2n) is 6.32. The number of rotatable bonds is 6. The van der Waals surface area contributed by atoms with Gasteiger partial charge in [-0.25, -0.2) is 0 Å². The monoisotopic (exact) mass is 413 g/mol. The normalized spacial score (nSPS) is 11.5. The zero-order chi connectivity index (χ0) is 21.7. The molecule has 0 aliphatic heterocycles. The molecule has 0 amide bonds. The van der Waals surface area contributed by atoms with Crippen LogP contribution in [0, 0.1) is 0 Å². The number of ketones is 1. The Labute approximate surface area is 171 Å². The molecule has 3 rings (SSSR count). The molecule has 0 atom stereocenters. The van der Waals surface area contributed by atoms with Crippen LogP contribution in [0.1, 0.15) is 27.0 Å². The molecule has 0 aromatic heterocycles. The number of aliphatic imine (C=N–C) groups is 1. The summed E-state index contributed by atoms with van der Waals surface area (Å²) in [5.41, 5.74) is 1.24. The minimum Gasteiger partial charge on any atom is -0.497 e. The SMILES string of the molecule is COc1ccc(C(=O)c2ccc(N=Cc3ccc(C(F)(F)F)cc3)cc2)c(OC)c1. The van der Waals surface area contributed by atoms with Gasteiger partial charge in [0.05, 0.1) is 31.0 Å². The molecule has 0 fully saturated rings. The quantitative estimate of drug-likeness (QED) is 0.385. The van der Waals surface area contributed by atoms with E-state index in [2.05, 4.69) is 4.99 Å². The van der Waals surface area contributed by atoms with E-state index in [0.29, 0.717) is 33.9 Å². The van der Waals surface area contributed by atoms with Crippen molar-refractivity contribution < 1.29 is 27.4 Å². The first kappa shape index (κ1) is 21.1. The minimum atomic E-state index is -4.37. The van der Waals surface area contributed by atoms with Crippen molar-refractivity contribution in [3.05, 3.63) is 89.0 Å². The fourth-order valence-electron chi connectivity index (χ4n) is 2.75. The maximum absolute atomic E-state index is 12.8. The Kier molecular flexibility index (Phi) is 6.20. The third kappa shape index (κ3) is 4.86. The van der Waals surface area contributed by atoms with Gasteiger partial charge in [0.2, 0.25) is 0 Å². The van der Waals surface area contributed by atoms with Gasteiger partial charge in [0.1, 0.15) is 11.5 Å². The van der Waals surface area contributed by atoms with Gasteiger partial charge in [0, 0.05) is 17.8 Å². The highest BCUT2D eigenvalue weighted by Crippen LogP contribution is 2.29. The number of methoxy groups -OCH3 is 2. The van der Waals surface area contributed by atoms with Crippen LogP contribution in [-0.2, 0) is 6.18 Å². The van der Waals surface area contributed by atoms with Crippen LogP contribution in [0.2, 0.25) is 0 Å². The molecule has 0 unspecified atom stereocenters. The van der Waals surface area contributed by atoms with Crippen molar-refractivity contribution in [2.45, 2.75) is 6.18 Å². The van der Waals surface area contributed by atoms with Crippen molar-refractivity contribution in [2.24, 2.45) is 4.99 Å². The van der Waals surface area contributed by atoms with E-state index in [1.54, 1.807) is 42.5 Å². The van der Waals surface area contributed by atoms with Gasteiger partial charge < -0.3 is 9.47 Å². The maximum Gasteiger partial charge on any atom is 0.416 e. The van der Waals surface area contributed by atoms with Gasteiger partial charge in [-0.1, -0.05) is 12.1 Å². The highest BCUT2D eigenvalue weighted by Gasteiger charge is 2.29. The van der Waals surface area contributed by atoms with Crippen LogP contribution >= 0.6 is 0 Å². The minimum absolute atomic E-state index is 0.215. The first-order valence-electron chi connectivity index (χ1n) is 8.90. The fraction of sp³-hybridized carbons (Fsp3) is 0.130. The number of nitrogens with zero attached hydrogens (tertiary/aromatic N) is 1. The first-order chi connectivity index (χ1) is 14.3. The number of alkyl halides is 3. The van der Waals surface area contributed by atoms with E-state index < -0.39 is 11.7 Å². The van der Waals surface area contributed by atoms with Crippen LogP contribution in [-0.4, -0.2) is 26.2 Å². The van der Waals surface area contributed by atoms with Crippen LogP contribution in [0.4, 0.5) is 18.9 Å². The number of benzene rings is 3. The molecule has 0 spiro atoms. The zero-order valence-electron chi connectivity index (χ0n) is 16.2. The molecule has 7 heteroatoms. The van der Waals surface area contributed by atoms with Gasteiger partial charge >= 0.3 is 6.18 Å². The van der Waals surface area contributed by atoms with Crippen molar-refractivity contribution in [2.75, 3.05) is 14.2 Å². The van der Waals surface area contributed by atoms with E-state index >= 15 is 0 Å². The molecule has 3 aromatic carbocycles. The molecule has 3 aromatic rings. The molecule has 154 valence electrons. The fourth-order valence-corrected chi connectivity index (χ4v) is 2.75. The van der Waals surface area contributed by atoms with Gasteiger partial charge in [0.15, 0.2) is 5.78 Å². The van der Waals surface area contributed by atoms with Gasteiger partial charge in [-0.15, -0.1) is 0 Å². The molecular formula is C23H18F3NO3. The molecular weight excluding hydrogens is 395 g/mol. The lowest BCUT2D eigenvalue weighted by atomic mass is 10.0. The summed E-state index contributed by atoms with van der Waals surface area (Å²) >= 11 is 0. The number of carbonyl (C=O) groups is 1. The predicted molar refractivity (Wildman–Crippen MR) is 108 cm³/mol. The highest BCUT2D eigenvalue weighted by atomic mass is 19.4. The topological polar surface area (TPSA) is 47.9 Å². The lowest BCUT2D eigenvalue weighted by Gasteiger charge is -2.09. The molecule has 0 radical (unpaired) electrons. The van der Waals surface area contributed by atoms with Crippen LogP contribution in [0.25, 0.3) is 0 Å². The van der Waals surface area contributed by atoms with E-state index in [9.17, 15) is 18.0 Å². The third-order valence-electron chi connectivity index (χ3n) is 4.38. The zero-order valence-corrected chi connectivity index (χ0v) is 16.2. The summed E-state index contributed by atoms with van der Waals surface area (Å²) in [6.45, 7) is 0. The number of hydrogen-bond acceptors (Lipinski definition) is 4. The van der Waals surface area contributed by atoms with E-state index in [0.717, 1.165) is 12.1 Å². The number of halogens is 3. The van der Waals surface area contributed by atoms with Gasteiger partial charge in [-0.2, -0.15) is 13.2 Å². The highest BCUT2D eigenvalue weighted by molar-refractivity contribution is 6.11. The Bertz CT molecular complexity index is 1060. The van der Waals surface area contributed by atoms with Crippen LogP contribution < -0.4 is 9.47 Å². The van der Waals surface area contributed by atoms with Crippen molar-refractivity contribution in [3.8, 4) is 11.5 Å². The molecule has 0 aliphatic carbocycles. The Balaban J connectivity index is 1.75. The van der Waals surface area contributed by atoms with Gasteiger partial charge in [-0.3, -0.25) is 9.79 Å². The van der Waals surface area contributed by atoms with Crippen LogP contribution in [0.3, 0.4) is 0 Å². The predicted octanol–water partition coefficient (Wildman–Crippen LogP) is 5.70. The molecule has 0 aliphatic rings. The number of hydrogen-bond donors (Lipinski definition) is 0. The maximum atomic E-state index is 12.8. The molecule has 30 heavy (non-hydrogen) atoms. The van der Waals surface area contributed by atoms with Crippen molar-refractivity contribution >= 4 is 17.7 Å². The lowest BCUT2D eigenvalue weighted by Crippen LogP contribution is -2.04. The standard InChI is InChI=1S/C23H18F3NO3/c1-29-19-11-12-20(21(13-19)30-2)22(28)16-5-9-18(10-6-16)27-14-15-3-7-17(8-4-15)23(24,25)26/h3-14H,1-2H3. The Morgan fingerprint density at radius 1 is 0.900 bits per heavy atom. The van der Waals surface area contributed by atoms with Crippen molar-refractivity contribution in [1.82, 2.24) is 0 Å². The molecule has 4 nitrogen and oxygen atoms in total. The summed E-state index contributed by atoms with van der Waals surface area (Å²) < 4.78 is 48.2. The molecule has 0 bridgehead atoms. The van der Waals surface area contributed by atoms with Crippen molar-refractivity contribution in [1.29, 1.82) is 0 Å². The average molecular weight is 413 g/mol. The van der Waals surface area contributed by atoms with Crippen LogP contribution in [0.15, 0.2) is 71.7 Å².